The number of halogens is 2. The van der Waals surface area contributed by atoms with Gasteiger partial charge in [-0.2, -0.15) is 0 Å². The van der Waals surface area contributed by atoms with Crippen LogP contribution in [-0.2, 0) is 0 Å². The number of rotatable bonds is 2. The Hall–Kier alpha value is 0.1000. The second kappa shape index (κ2) is 5.83. The van der Waals surface area contributed by atoms with E-state index >= 15 is 0 Å². The van der Waals surface area contributed by atoms with Crippen LogP contribution in [0.15, 0.2) is 27.1 Å². The van der Waals surface area contributed by atoms with Gasteiger partial charge in [-0.05, 0) is 75.5 Å². The maximum atomic E-state index is 6.30. The van der Waals surface area contributed by atoms with Crippen LogP contribution in [0.25, 0.3) is 0 Å². The van der Waals surface area contributed by atoms with Gasteiger partial charge in [0.1, 0.15) is 0 Å². The molecule has 1 aromatic rings. The molecule has 0 radical (unpaired) electrons. The molecule has 4 heteroatoms. The highest BCUT2D eigenvalue weighted by Crippen LogP contribution is 2.33. The van der Waals surface area contributed by atoms with Crippen LogP contribution < -0.4 is 5.73 Å². The molecule has 17 heavy (non-hydrogen) atoms. The third kappa shape index (κ3) is 2.92. The van der Waals surface area contributed by atoms with Crippen molar-refractivity contribution in [2.45, 2.75) is 31.8 Å². The van der Waals surface area contributed by atoms with Crippen molar-refractivity contribution in [2.24, 2.45) is 5.73 Å². The van der Waals surface area contributed by atoms with E-state index in [9.17, 15) is 0 Å². The lowest BCUT2D eigenvalue weighted by Crippen LogP contribution is -2.45. The number of likely N-dealkylation sites (N-methyl/N-ethyl adjacent to an activating group) is 1. The smallest absolute Gasteiger partial charge is 0.0499 e. The van der Waals surface area contributed by atoms with Gasteiger partial charge in [-0.15, -0.1) is 0 Å². The second-order valence-corrected chi connectivity index (χ2v) is 6.26. The highest BCUT2D eigenvalue weighted by molar-refractivity contribution is 9.13. The van der Waals surface area contributed by atoms with Gasteiger partial charge in [-0.1, -0.05) is 13.0 Å². The highest BCUT2D eigenvalue weighted by atomic mass is 79.9. The average Bonchev–Trinajstić information content (AvgIpc) is 2.32. The fourth-order valence-electron chi connectivity index (χ4n) is 2.61. The van der Waals surface area contributed by atoms with Crippen molar-refractivity contribution >= 4 is 31.9 Å². The van der Waals surface area contributed by atoms with Crippen LogP contribution in [-0.4, -0.2) is 24.0 Å². The first-order chi connectivity index (χ1) is 8.13. The number of hydrogen-bond acceptors (Lipinski definition) is 2. The lowest BCUT2D eigenvalue weighted by atomic mass is 9.91. The van der Waals surface area contributed by atoms with Gasteiger partial charge in [0.2, 0.25) is 0 Å². The van der Waals surface area contributed by atoms with E-state index in [1.54, 1.807) is 0 Å². The third-order valence-corrected chi connectivity index (χ3v) is 5.35. The molecule has 2 unspecified atom stereocenters. The molecule has 1 aliphatic rings. The molecule has 0 aliphatic carbocycles. The van der Waals surface area contributed by atoms with Crippen LogP contribution in [0, 0.1) is 0 Å². The van der Waals surface area contributed by atoms with Gasteiger partial charge < -0.3 is 5.73 Å². The van der Waals surface area contributed by atoms with Crippen molar-refractivity contribution in [2.75, 3.05) is 13.1 Å². The van der Waals surface area contributed by atoms with E-state index in [1.165, 1.54) is 12.0 Å². The SMILES string of the molecule is CCN1CCCC(N)C1c1ccc(Br)c(Br)c1. The highest BCUT2D eigenvalue weighted by Gasteiger charge is 2.29. The quantitative estimate of drug-likeness (QED) is 0.870. The largest absolute Gasteiger partial charge is 0.326 e. The van der Waals surface area contributed by atoms with Crippen molar-refractivity contribution in [1.82, 2.24) is 4.90 Å². The minimum Gasteiger partial charge on any atom is -0.326 e. The van der Waals surface area contributed by atoms with Gasteiger partial charge in [0.05, 0.1) is 0 Å². The van der Waals surface area contributed by atoms with Gasteiger partial charge >= 0.3 is 0 Å². The molecule has 1 heterocycles. The van der Waals surface area contributed by atoms with E-state index in [0.29, 0.717) is 6.04 Å². The van der Waals surface area contributed by atoms with Crippen LogP contribution in [0.1, 0.15) is 31.4 Å². The summed E-state index contributed by atoms with van der Waals surface area (Å²) in [5.41, 5.74) is 7.61. The van der Waals surface area contributed by atoms with Crippen LogP contribution in [0.4, 0.5) is 0 Å². The number of likely N-dealkylation sites (tertiary alicyclic amines) is 1. The summed E-state index contributed by atoms with van der Waals surface area (Å²) in [5.74, 6) is 0. The Morgan fingerprint density at radius 3 is 2.76 bits per heavy atom. The van der Waals surface area contributed by atoms with Crippen LogP contribution >= 0.6 is 31.9 Å². The van der Waals surface area contributed by atoms with Crippen molar-refractivity contribution in [3.05, 3.63) is 32.7 Å². The first-order valence-electron chi connectivity index (χ1n) is 6.08. The molecule has 0 saturated carbocycles. The van der Waals surface area contributed by atoms with E-state index in [4.69, 9.17) is 5.73 Å². The van der Waals surface area contributed by atoms with Gasteiger partial charge in [0.15, 0.2) is 0 Å². The molecule has 2 rings (SSSR count). The first-order valence-corrected chi connectivity index (χ1v) is 7.66. The fourth-order valence-corrected chi connectivity index (χ4v) is 3.25. The zero-order valence-electron chi connectivity index (χ0n) is 10.00. The Bertz CT molecular complexity index is 395. The summed E-state index contributed by atoms with van der Waals surface area (Å²) < 4.78 is 2.19. The van der Waals surface area contributed by atoms with Crippen molar-refractivity contribution in [3.63, 3.8) is 0 Å². The van der Waals surface area contributed by atoms with E-state index in [1.807, 2.05) is 0 Å². The number of hydrogen-bond donors (Lipinski definition) is 1. The summed E-state index contributed by atoms with van der Waals surface area (Å²) in [6, 6.07) is 7.06. The summed E-state index contributed by atoms with van der Waals surface area (Å²) in [6.45, 7) is 4.42. The number of piperidine rings is 1. The number of nitrogens with two attached hydrogens (primary N) is 1. The lowest BCUT2D eigenvalue weighted by Gasteiger charge is -2.39. The van der Waals surface area contributed by atoms with Gasteiger partial charge in [0, 0.05) is 21.0 Å². The molecule has 2 atom stereocenters. The molecule has 1 aromatic carbocycles. The Morgan fingerprint density at radius 1 is 1.35 bits per heavy atom. The molecule has 0 spiro atoms. The predicted octanol–water partition coefficient (Wildman–Crippen LogP) is 3.70. The van der Waals surface area contributed by atoms with Crippen molar-refractivity contribution < 1.29 is 0 Å². The molecule has 2 nitrogen and oxygen atoms in total. The van der Waals surface area contributed by atoms with Crippen molar-refractivity contribution in [1.29, 1.82) is 0 Å². The van der Waals surface area contributed by atoms with E-state index in [2.05, 4.69) is 61.9 Å². The molecule has 94 valence electrons. The topological polar surface area (TPSA) is 29.3 Å². The summed E-state index contributed by atoms with van der Waals surface area (Å²) >= 11 is 7.08. The standard InChI is InChI=1S/C13H18Br2N2/c1-2-17-7-3-4-12(16)13(17)9-5-6-10(14)11(15)8-9/h5-6,8,12-13H,2-4,7,16H2,1H3. The Balaban J connectivity index is 2.31. The van der Waals surface area contributed by atoms with Crippen LogP contribution in [0.3, 0.4) is 0 Å². The Kier molecular flexibility index (Phi) is 4.64. The third-order valence-electron chi connectivity index (χ3n) is 3.47. The average molecular weight is 362 g/mol. The number of nitrogens with zero attached hydrogens (tertiary/aromatic N) is 1. The van der Waals surface area contributed by atoms with Gasteiger partial charge in [-0.25, -0.2) is 0 Å². The van der Waals surface area contributed by atoms with Gasteiger partial charge in [-0.3, -0.25) is 4.90 Å². The molecule has 0 aromatic heterocycles. The number of benzene rings is 1. The maximum Gasteiger partial charge on any atom is 0.0499 e. The fraction of sp³-hybridized carbons (Fsp3) is 0.538. The summed E-state index contributed by atoms with van der Waals surface area (Å²) in [5, 5.41) is 0. The Labute approximate surface area is 120 Å². The lowest BCUT2D eigenvalue weighted by molar-refractivity contribution is 0.136. The van der Waals surface area contributed by atoms with E-state index < -0.39 is 0 Å². The molecule has 0 amide bonds. The zero-order chi connectivity index (χ0) is 12.4. The summed E-state index contributed by atoms with van der Waals surface area (Å²) in [6.07, 6.45) is 2.33. The second-order valence-electron chi connectivity index (χ2n) is 4.55. The molecule has 2 N–H and O–H groups in total. The molecule has 1 saturated heterocycles. The minimum atomic E-state index is 0.247. The summed E-state index contributed by atoms with van der Waals surface area (Å²) in [7, 11) is 0. The minimum absolute atomic E-state index is 0.247. The first kappa shape index (κ1) is 13.5. The van der Waals surface area contributed by atoms with Crippen molar-refractivity contribution in [3.8, 4) is 0 Å². The van der Waals surface area contributed by atoms with E-state index in [-0.39, 0.29) is 6.04 Å². The monoisotopic (exact) mass is 360 g/mol. The molecular weight excluding hydrogens is 344 g/mol. The van der Waals surface area contributed by atoms with Crippen LogP contribution in [0.5, 0.6) is 0 Å². The molecular formula is C13H18Br2N2. The predicted molar refractivity (Wildman–Crippen MR) is 79.0 cm³/mol. The van der Waals surface area contributed by atoms with Gasteiger partial charge in [0.25, 0.3) is 0 Å². The molecule has 0 bridgehead atoms. The van der Waals surface area contributed by atoms with Crippen LogP contribution in [0.2, 0.25) is 0 Å². The van der Waals surface area contributed by atoms with E-state index in [0.717, 1.165) is 28.5 Å². The molecule has 1 aliphatic heterocycles. The normalized spacial score (nSPS) is 26.1. The Morgan fingerprint density at radius 2 is 2.12 bits per heavy atom. The molecule has 1 fully saturated rings. The zero-order valence-corrected chi connectivity index (χ0v) is 13.2. The maximum absolute atomic E-state index is 6.30. The summed E-state index contributed by atoms with van der Waals surface area (Å²) in [4.78, 5) is 2.48.